The van der Waals surface area contributed by atoms with Crippen LogP contribution in [0.1, 0.15) is 21.0 Å². The van der Waals surface area contributed by atoms with E-state index in [0.29, 0.717) is 24.5 Å². The van der Waals surface area contributed by atoms with Crippen molar-refractivity contribution in [2.45, 2.75) is 12.6 Å². The van der Waals surface area contributed by atoms with E-state index in [4.69, 9.17) is 0 Å². The summed E-state index contributed by atoms with van der Waals surface area (Å²) in [5.74, 6) is -0.255. The van der Waals surface area contributed by atoms with E-state index in [1.807, 2.05) is 54.2 Å². The summed E-state index contributed by atoms with van der Waals surface area (Å²) in [4.78, 5) is 26.6. The highest BCUT2D eigenvalue weighted by molar-refractivity contribution is 6.04. The smallest absolute Gasteiger partial charge is 0.272 e. The van der Waals surface area contributed by atoms with E-state index in [2.05, 4.69) is 10.4 Å². The fourth-order valence-corrected chi connectivity index (χ4v) is 3.34. The lowest BCUT2D eigenvalue weighted by Gasteiger charge is -2.33. The first-order chi connectivity index (χ1) is 12.1. The van der Waals surface area contributed by atoms with Crippen molar-refractivity contribution in [3.8, 4) is 0 Å². The number of likely N-dealkylation sites (N-methyl/N-ethyl adjacent to an activating group) is 1. The predicted molar refractivity (Wildman–Crippen MR) is 93.4 cm³/mol. The summed E-state index contributed by atoms with van der Waals surface area (Å²) in [5.41, 5.74) is 2.00. The van der Waals surface area contributed by atoms with Crippen LogP contribution in [-0.4, -0.2) is 50.7 Å². The van der Waals surface area contributed by atoms with E-state index >= 15 is 0 Å². The van der Waals surface area contributed by atoms with E-state index in [9.17, 15) is 9.59 Å². The van der Waals surface area contributed by atoms with Crippen LogP contribution in [0.4, 0.5) is 0 Å². The molecule has 1 aliphatic heterocycles. The molecule has 7 heteroatoms. The second-order valence-corrected chi connectivity index (χ2v) is 6.32. The molecule has 7 nitrogen and oxygen atoms in total. The lowest BCUT2D eigenvalue weighted by Crippen LogP contribution is -2.50. The molecule has 0 saturated carbocycles. The summed E-state index contributed by atoms with van der Waals surface area (Å²) in [6.45, 7) is 1.04. The summed E-state index contributed by atoms with van der Waals surface area (Å²) >= 11 is 0. The number of rotatable bonds is 3. The van der Waals surface area contributed by atoms with E-state index in [1.54, 1.807) is 16.6 Å². The van der Waals surface area contributed by atoms with E-state index < -0.39 is 0 Å². The zero-order valence-corrected chi connectivity index (χ0v) is 14.1. The molecule has 3 heterocycles. The molecule has 25 heavy (non-hydrogen) atoms. The van der Waals surface area contributed by atoms with Crippen molar-refractivity contribution in [2.24, 2.45) is 7.05 Å². The van der Waals surface area contributed by atoms with Crippen LogP contribution in [0.3, 0.4) is 0 Å². The third-order valence-electron chi connectivity index (χ3n) is 4.80. The van der Waals surface area contributed by atoms with Gasteiger partial charge in [0.2, 0.25) is 0 Å². The standard InChI is InChI=1S/C18H19N5O2/c1-21-12(11-23-9-5-8-15(23)18(21)25)10-19-17(24)16-13-6-3-4-7-14(13)22(2)20-16/h3-9,12H,10-11H2,1-2H3,(H,19,24). The van der Waals surface area contributed by atoms with Crippen LogP contribution < -0.4 is 5.32 Å². The Morgan fingerprint density at radius 3 is 2.88 bits per heavy atom. The molecule has 0 fully saturated rings. The van der Waals surface area contributed by atoms with E-state index in [0.717, 1.165) is 10.9 Å². The number of aryl methyl sites for hydroxylation is 1. The van der Waals surface area contributed by atoms with Crippen LogP contribution >= 0.6 is 0 Å². The average molecular weight is 337 g/mol. The van der Waals surface area contributed by atoms with Crippen molar-refractivity contribution < 1.29 is 9.59 Å². The van der Waals surface area contributed by atoms with Crippen LogP contribution in [-0.2, 0) is 13.6 Å². The molecule has 1 unspecified atom stereocenters. The Balaban J connectivity index is 1.51. The lowest BCUT2D eigenvalue weighted by molar-refractivity contribution is 0.0645. The van der Waals surface area contributed by atoms with Crippen molar-refractivity contribution in [3.05, 3.63) is 54.0 Å². The maximum absolute atomic E-state index is 12.6. The number of hydrogen-bond acceptors (Lipinski definition) is 3. The molecule has 1 N–H and O–H groups in total. The molecule has 4 rings (SSSR count). The van der Waals surface area contributed by atoms with Crippen LogP contribution in [0.15, 0.2) is 42.6 Å². The quantitative estimate of drug-likeness (QED) is 0.782. The van der Waals surface area contributed by atoms with E-state index in [-0.39, 0.29) is 17.9 Å². The molecule has 128 valence electrons. The zero-order valence-electron chi connectivity index (χ0n) is 14.1. The summed E-state index contributed by atoms with van der Waals surface area (Å²) in [5, 5.41) is 8.08. The fraction of sp³-hybridized carbons (Fsp3) is 0.278. The molecule has 0 saturated heterocycles. The Morgan fingerprint density at radius 1 is 1.24 bits per heavy atom. The van der Waals surface area contributed by atoms with Crippen molar-refractivity contribution >= 4 is 22.7 Å². The second-order valence-electron chi connectivity index (χ2n) is 6.32. The molecule has 0 aliphatic carbocycles. The van der Waals surface area contributed by atoms with Gasteiger partial charge in [0, 0.05) is 38.8 Å². The number of amides is 2. The number of carbonyl (C=O) groups excluding carboxylic acids is 2. The maximum atomic E-state index is 12.6. The van der Waals surface area contributed by atoms with Gasteiger partial charge in [-0.05, 0) is 18.2 Å². The zero-order chi connectivity index (χ0) is 17.6. The maximum Gasteiger partial charge on any atom is 0.272 e. The van der Waals surface area contributed by atoms with Crippen LogP contribution in [0.25, 0.3) is 10.9 Å². The number of nitrogens with one attached hydrogen (secondary N) is 1. The second kappa shape index (κ2) is 5.77. The Bertz CT molecular complexity index is 971. The number of benzene rings is 1. The molecule has 1 atom stereocenters. The Labute approximate surface area is 144 Å². The first-order valence-corrected chi connectivity index (χ1v) is 8.18. The molecule has 0 spiro atoms. The predicted octanol–water partition coefficient (Wildman–Crippen LogP) is 1.26. The highest BCUT2D eigenvalue weighted by Gasteiger charge is 2.29. The highest BCUT2D eigenvalue weighted by atomic mass is 16.2. The van der Waals surface area contributed by atoms with Crippen molar-refractivity contribution in [1.82, 2.24) is 24.6 Å². The molecule has 0 radical (unpaired) electrons. The molecule has 3 aromatic rings. The molecule has 1 aromatic carbocycles. The van der Waals surface area contributed by atoms with Gasteiger partial charge < -0.3 is 14.8 Å². The SMILES string of the molecule is CN1C(=O)c2cccn2CC1CNC(=O)c1nn(C)c2ccccc12. The monoisotopic (exact) mass is 337 g/mol. The Hall–Kier alpha value is -3.09. The molecular formula is C18H19N5O2. The molecular weight excluding hydrogens is 318 g/mol. The third-order valence-corrected chi connectivity index (χ3v) is 4.80. The topological polar surface area (TPSA) is 72.2 Å². The third kappa shape index (κ3) is 2.48. The largest absolute Gasteiger partial charge is 0.348 e. The minimum atomic E-state index is -0.226. The van der Waals surface area contributed by atoms with Gasteiger partial charge in [-0.2, -0.15) is 5.10 Å². The average Bonchev–Trinajstić information content (AvgIpc) is 3.22. The first-order valence-electron chi connectivity index (χ1n) is 8.18. The van der Waals surface area contributed by atoms with Crippen LogP contribution in [0.5, 0.6) is 0 Å². The van der Waals surface area contributed by atoms with Gasteiger partial charge in [0.05, 0.1) is 11.6 Å². The van der Waals surface area contributed by atoms with E-state index in [1.165, 1.54) is 0 Å². The number of hydrogen-bond donors (Lipinski definition) is 1. The van der Waals surface area contributed by atoms with Gasteiger partial charge >= 0.3 is 0 Å². The van der Waals surface area contributed by atoms with Gasteiger partial charge in [0.15, 0.2) is 5.69 Å². The van der Waals surface area contributed by atoms with Gasteiger partial charge in [-0.25, -0.2) is 0 Å². The number of aromatic nitrogens is 3. The summed E-state index contributed by atoms with van der Waals surface area (Å²) in [7, 11) is 3.59. The van der Waals surface area contributed by atoms with Gasteiger partial charge in [-0.3, -0.25) is 14.3 Å². The first kappa shape index (κ1) is 15.4. The van der Waals surface area contributed by atoms with Gasteiger partial charge in [0.25, 0.3) is 11.8 Å². The normalized spacial score (nSPS) is 17.0. The fourth-order valence-electron chi connectivity index (χ4n) is 3.34. The highest BCUT2D eigenvalue weighted by Crippen LogP contribution is 2.18. The molecule has 0 bridgehead atoms. The summed E-state index contributed by atoms with van der Waals surface area (Å²) in [6.07, 6.45) is 1.89. The van der Waals surface area contributed by atoms with Crippen molar-refractivity contribution in [1.29, 1.82) is 0 Å². The van der Waals surface area contributed by atoms with Gasteiger partial charge in [0.1, 0.15) is 5.69 Å². The number of nitrogens with zero attached hydrogens (tertiary/aromatic N) is 4. The Kier molecular flexibility index (Phi) is 3.56. The lowest BCUT2D eigenvalue weighted by atomic mass is 10.1. The molecule has 2 aromatic heterocycles. The molecule has 2 amide bonds. The number of fused-ring (bicyclic) bond motifs is 2. The summed E-state index contributed by atoms with van der Waals surface area (Å²) < 4.78 is 3.63. The number of para-hydroxylation sites is 1. The van der Waals surface area contributed by atoms with Gasteiger partial charge in [-0.15, -0.1) is 0 Å². The minimum absolute atomic E-state index is 0.0289. The minimum Gasteiger partial charge on any atom is -0.348 e. The van der Waals surface area contributed by atoms with Gasteiger partial charge in [-0.1, -0.05) is 18.2 Å². The van der Waals surface area contributed by atoms with Crippen LogP contribution in [0.2, 0.25) is 0 Å². The van der Waals surface area contributed by atoms with Crippen molar-refractivity contribution in [3.63, 3.8) is 0 Å². The number of carbonyl (C=O) groups is 2. The van der Waals surface area contributed by atoms with Crippen molar-refractivity contribution in [2.75, 3.05) is 13.6 Å². The summed E-state index contributed by atoms with van der Waals surface area (Å²) in [6, 6.07) is 11.2. The molecule has 1 aliphatic rings. The Morgan fingerprint density at radius 2 is 2.04 bits per heavy atom. The van der Waals surface area contributed by atoms with Crippen LogP contribution in [0, 0.1) is 0 Å².